The Morgan fingerprint density at radius 2 is 1.70 bits per heavy atom. The highest BCUT2D eigenvalue weighted by Gasteiger charge is 2.08. The van der Waals surface area contributed by atoms with Crippen molar-refractivity contribution in [3.63, 3.8) is 0 Å². The molecule has 0 aromatic heterocycles. The Bertz CT molecular complexity index is 546. The van der Waals surface area contributed by atoms with Crippen LogP contribution >= 0.6 is 0 Å². The molecule has 0 N–H and O–H groups in total. The van der Waals surface area contributed by atoms with E-state index < -0.39 is 0 Å². The molecule has 0 radical (unpaired) electrons. The Labute approximate surface area is 122 Å². The molecule has 2 heteroatoms. The van der Waals surface area contributed by atoms with Gasteiger partial charge in [0.15, 0.2) is 0 Å². The number of benzene rings is 2. The molecule has 2 aromatic carbocycles. The van der Waals surface area contributed by atoms with E-state index in [-0.39, 0.29) is 0 Å². The van der Waals surface area contributed by atoms with Gasteiger partial charge in [-0.15, -0.1) is 0 Å². The molecule has 0 amide bonds. The lowest BCUT2D eigenvalue weighted by Gasteiger charge is -2.24. The summed E-state index contributed by atoms with van der Waals surface area (Å²) in [5.41, 5.74) is 3.74. The fraction of sp³-hybridized carbons (Fsp3) is 0.333. The minimum atomic E-state index is 0.566. The van der Waals surface area contributed by atoms with Crippen LogP contribution in [0.4, 0.5) is 11.4 Å². The van der Waals surface area contributed by atoms with Crippen molar-refractivity contribution in [1.29, 1.82) is 0 Å². The molecular weight excluding hydrogens is 246 g/mol. The average molecular weight is 269 g/mol. The molecule has 0 bridgehead atoms. The average Bonchev–Trinajstić information content (AvgIpc) is 2.49. The van der Waals surface area contributed by atoms with Crippen LogP contribution in [0.3, 0.4) is 0 Å². The van der Waals surface area contributed by atoms with Crippen molar-refractivity contribution in [2.75, 3.05) is 18.6 Å². The van der Waals surface area contributed by atoms with E-state index in [1.807, 2.05) is 12.1 Å². The molecule has 106 valence electrons. The predicted molar refractivity (Wildman–Crippen MR) is 86.2 cm³/mol. The van der Waals surface area contributed by atoms with Crippen molar-refractivity contribution in [3.8, 4) is 5.75 Å². The van der Waals surface area contributed by atoms with Crippen LogP contribution < -0.4 is 9.64 Å². The summed E-state index contributed by atoms with van der Waals surface area (Å²) >= 11 is 0. The molecule has 2 nitrogen and oxygen atoms in total. The van der Waals surface area contributed by atoms with Crippen LogP contribution in [0.1, 0.15) is 32.3 Å². The van der Waals surface area contributed by atoms with Gasteiger partial charge in [0.05, 0.1) is 7.11 Å². The van der Waals surface area contributed by atoms with Gasteiger partial charge in [-0.05, 0) is 42.7 Å². The molecule has 0 saturated heterocycles. The van der Waals surface area contributed by atoms with E-state index in [1.165, 1.54) is 11.3 Å². The quantitative estimate of drug-likeness (QED) is 0.759. The Kier molecular flexibility index (Phi) is 4.67. The normalized spacial score (nSPS) is 10.7. The first kappa shape index (κ1) is 14.4. The molecule has 0 spiro atoms. The SMILES string of the molecule is CCN(c1ccc(C(C)C)cc1)c1cccc(OC)c1. The van der Waals surface area contributed by atoms with Crippen LogP contribution in [0.25, 0.3) is 0 Å². The minimum absolute atomic E-state index is 0.566. The van der Waals surface area contributed by atoms with Gasteiger partial charge in [0.25, 0.3) is 0 Å². The van der Waals surface area contributed by atoms with Gasteiger partial charge in [0.1, 0.15) is 5.75 Å². The van der Waals surface area contributed by atoms with Gasteiger partial charge in [-0.25, -0.2) is 0 Å². The number of anilines is 2. The van der Waals surface area contributed by atoms with Gasteiger partial charge < -0.3 is 9.64 Å². The number of nitrogens with zero attached hydrogens (tertiary/aromatic N) is 1. The summed E-state index contributed by atoms with van der Waals surface area (Å²) in [6.45, 7) is 7.52. The second kappa shape index (κ2) is 6.47. The molecule has 0 aliphatic rings. The Morgan fingerprint density at radius 1 is 1.00 bits per heavy atom. The molecule has 20 heavy (non-hydrogen) atoms. The minimum Gasteiger partial charge on any atom is -0.497 e. The van der Waals surface area contributed by atoms with Gasteiger partial charge >= 0.3 is 0 Å². The third-order valence-electron chi connectivity index (χ3n) is 3.55. The summed E-state index contributed by atoms with van der Waals surface area (Å²) < 4.78 is 5.31. The highest BCUT2D eigenvalue weighted by molar-refractivity contribution is 5.64. The van der Waals surface area contributed by atoms with Gasteiger partial charge in [-0.1, -0.05) is 32.0 Å². The van der Waals surface area contributed by atoms with Crippen LogP contribution in [0.5, 0.6) is 5.75 Å². The summed E-state index contributed by atoms with van der Waals surface area (Å²) in [7, 11) is 1.70. The molecule has 2 rings (SSSR count). The lowest BCUT2D eigenvalue weighted by atomic mass is 10.0. The topological polar surface area (TPSA) is 12.5 Å². The molecule has 0 saturated carbocycles. The number of hydrogen-bond donors (Lipinski definition) is 0. The monoisotopic (exact) mass is 269 g/mol. The molecule has 0 unspecified atom stereocenters. The van der Waals surface area contributed by atoms with E-state index in [0.29, 0.717) is 5.92 Å². The summed E-state index contributed by atoms with van der Waals surface area (Å²) in [6.07, 6.45) is 0. The maximum atomic E-state index is 5.31. The van der Waals surface area contributed by atoms with Crippen LogP contribution in [0.2, 0.25) is 0 Å². The van der Waals surface area contributed by atoms with Gasteiger partial charge in [0.2, 0.25) is 0 Å². The zero-order chi connectivity index (χ0) is 14.5. The third kappa shape index (κ3) is 3.13. The van der Waals surface area contributed by atoms with Gasteiger partial charge in [-0.2, -0.15) is 0 Å². The van der Waals surface area contributed by atoms with E-state index in [4.69, 9.17) is 4.74 Å². The third-order valence-corrected chi connectivity index (χ3v) is 3.55. The lowest BCUT2D eigenvalue weighted by Crippen LogP contribution is -2.15. The first-order valence-electron chi connectivity index (χ1n) is 7.17. The Morgan fingerprint density at radius 3 is 2.25 bits per heavy atom. The van der Waals surface area contributed by atoms with Gasteiger partial charge in [0, 0.05) is 24.0 Å². The van der Waals surface area contributed by atoms with Crippen LogP contribution in [-0.4, -0.2) is 13.7 Å². The second-order valence-electron chi connectivity index (χ2n) is 5.19. The molecule has 2 aromatic rings. The zero-order valence-corrected chi connectivity index (χ0v) is 12.8. The van der Waals surface area contributed by atoms with Crippen molar-refractivity contribution >= 4 is 11.4 Å². The molecule has 0 atom stereocenters. The first-order chi connectivity index (χ1) is 9.65. The van der Waals surface area contributed by atoms with Crippen molar-refractivity contribution in [2.45, 2.75) is 26.7 Å². The summed E-state index contributed by atoms with van der Waals surface area (Å²) in [5, 5.41) is 0. The standard InChI is InChI=1S/C18H23NO/c1-5-19(17-7-6-8-18(13-17)20-4)16-11-9-15(10-12-16)14(2)3/h6-14H,5H2,1-4H3. The van der Waals surface area contributed by atoms with Crippen LogP contribution in [0, 0.1) is 0 Å². The lowest BCUT2D eigenvalue weighted by molar-refractivity contribution is 0.415. The smallest absolute Gasteiger partial charge is 0.120 e. The molecule has 0 aliphatic carbocycles. The Balaban J connectivity index is 2.31. The summed E-state index contributed by atoms with van der Waals surface area (Å²) in [4.78, 5) is 2.28. The molecule has 0 heterocycles. The van der Waals surface area contributed by atoms with Crippen molar-refractivity contribution in [3.05, 3.63) is 54.1 Å². The van der Waals surface area contributed by atoms with Crippen LogP contribution in [0.15, 0.2) is 48.5 Å². The maximum Gasteiger partial charge on any atom is 0.120 e. The fourth-order valence-electron chi connectivity index (χ4n) is 2.33. The van der Waals surface area contributed by atoms with Crippen molar-refractivity contribution in [2.24, 2.45) is 0 Å². The largest absolute Gasteiger partial charge is 0.497 e. The Hall–Kier alpha value is -1.96. The zero-order valence-electron chi connectivity index (χ0n) is 12.8. The number of hydrogen-bond acceptors (Lipinski definition) is 2. The highest BCUT2D eigenvalue weighted by atomic mass is 16.5. The summed E-state index contributed by atoms with van der Waals surface area (Å²) in [5.74, 6) is 1.45. The number of ether oxygens (including phenoxy) is 1. The molecular formula is C18H23NO. The van der Waals surface area contributed by atoms with Crippen molar-refractivity contribution < 1.29 is 4.74 Å². The van der Waals surface area contributed by atoms with E-state index >= 15 is 0 Å². The molecule has 0 aliphatic heterocycles. The van der Waals surface area contributed by atoms with E-state index in [2.05, 4.69) is 62.1 Å². The fourth-order valence-corrected chi connectivity index (χ4v) is 2.33. The molecule has 0 fully saturated rings. The number of rotatable bonds is 5. The van der Waals surface area contributed by atoms with E-state index in [1.54, 1.807) is 7.11 Å². The summed E-state index contributed by atoms with van der Waals surface area (Å²) in [6, 6.07) is 17.0. The highest BCUT2D eigenvalue weighted by Crippen LogP contribution is 2.29. The number of methoxy groups -OCH3 is 1. The predicted octanol–water partition coefficient (Wildman–Crippen LogP) is 4.98. The second-order valence-corrected chi connectivity index (χ2v) is 5.19. The maximum absolute atomic E-state index is 5.31. The first-order valence-corrected chi connectivity index (χ1v) is 7.17. The van der Waals surface area contributed by atoms with Gasteiger partial charge in [-0.3, -0.25) is 0 Å². The van der Waals surface area contributed by atoms with Crippen LogP contribution in [-0.2, 0) is 0 Å². The van der Waals surface area contributed by atoms with E-state index in [0.717, 1.165) is 18.0 Å². The van der Waals surface area contributed by atoms with Crippen molar-refractivity contribution in [1.82, 2.24) is 0 Å². The van der Waals surface area contributed by atoms with E-state index in [9.17, 15) is 0 Å².